The van der Waals surface area contributed by atoms with Crippen LogP contribution in [0.5, 0.6) is 5.75 Å². The summed E-state index contributed by atoms with van der Waals surface area (Å²) in [4.78, 5) is 0. The van der Waals surface area contributed by atoms with Crippen LogP contribution in [-0.2, 0) is 0 Å². The van der Waals surface area contributed by atoms with Crippen molar-refractivity contribution in [2.45, 2.75) is 18.6 Å². The zero-order chi connectivity index (χ0) is 14.3. The molecular formula is C15H12F3NO. The average molecular weight is 279 g/mol. The molecular weight excluding hydrogens is 267 g/mol. The van der Waals surface area contributed by atoms with Gasteiger partial charge in [-0.15, -0.1) is 0 Å². The Morgan fingerprint density at radius 2 is 1.65 bits per heavy atom. The fraction of sp³-hybridized carbons (Fsp3) is 0.200. The second kappa shape index (κ2) is 4.83. The van der Waals surface area contributed by atoms with Crippen LogP contribution >= 0.6 is 0 Å². The summed E-state index contributed by atoms with van der Waals surface area (Å²) < 4.78 is 45.7. The molecule has 0 spiro atoms. The quantitative estimate of drug-likeness (QED) is 0.809. The molecule has 2 atom stereocenters. The van der Waals surface area contributed by atoms with Gasteiger partial charge in [0.05, 0.1) is 0 Å². The summed E-state index contributed by atoms with van der Waals surface area (Å²) in [6.07, 6.45) is -0.422. The second-order valence-corrected chi connectivity index (χ2v) is 4.77. The van der Waals surface area contributed by atoms with Crippen molar-refractivity contribution >= 4 is 0 Å². The van der Waals surface area contributed by atoms with Gasteiger partial charge in [-0.05, 0) is 12.1 Å². The largest absolute Gasteiger partial charge is 0.485 e. The van der Waals surface area contributed by atoms with Crippen LogP contribution < -0.4 is 10.5 Å². The molecule has 5 heteroatoms. The molecule has 104 valence electrons. The number of benzene rings is 2. The van der Waals surface area contributed by atoms with Crippen LogP contribution in [0.3, 0.4) is 0 Å². The lowest BCUT2D eigenvalue weighted by atomic mass is 9.93. The molecule has 0 saturated carbocycles. The van der Waals surface area contributed by atoms with E-state index in [0.29, 0.717) is 18.2 Å². The molecule has 0 bridgehead atoms. The molecule has 0 fully saturated rings. The molecule has 1 unspecified atom stereocenters. The number of rotatable bonds is 1. The highest BCUT2D eigenvalue weighted by Gasteiger charge is 2.29. The molecule has 1 heterocycles. The first-order chi connectivity index (χ1) is 9.56. The van der Waals surface area contributed by atoms with Crippen LogP contribution in [0.1, 0.15) is 29.7 Å². The van der Waals surface area contributed by atoms with Crippen molar-refractivity contribution in [1.29, 1.82) is 0 Å². The minimum atomic E-state index is -1.22. The van der Waals surface area contributed by atoms with Crippen molar-refractivity contribution in [3.05, 3.63) is 65.0 Å². The number of fused-ring (bicyclic) bond motifs is 1. The highest BCUT2D eigenvalue weighted by Crippen LogP contribution is 2.40. The van der Waals surface area contributed by atoms with Crippen molar-refractivity contribution in [1.82, 2.24) is 0 Å². The van der Waals surface area contributed by atoms with Gasteiger partial charge in [0.25, 0.3) is 0 Å². The molecule has 1 aliphatic rings. The van der Waals surface area contributed by atoms with Crippen LogP contribution in [0.25, 0.3) is 0 Å². The molecule has 0 radical (unpaired) electrons. The second-order valence-electron chi connectivity index (χ2n) is 4.77. The Balaban J connectivity index is 2.00. The summed E-state index contributed by atoms with van der Waals surface area (Å²) >= 11 is 0. The van der Waals surface area contributed by atoms with E-state index >= 15 is 0 Å². The van der Waals surface area contributed by atoms with E-state index in [1.165, 1.54) is 0 Å². The first-order valence-corrected chi connectivity index (χ1v) is 6.22. The number of hydrogen-bond donors (Lipinski definition) is 1. The molecule has 1 aliphatic heterocycles. The first kappa shape index (κ1) is 13.0. The highest BCUT2D eigenvalue weighted by atomic mass is 19.2. The third-order valence-corrected chi connectivity index (χ3v) is 3.44. The number of halogens is 3. The van der Waals surface area contributed by atoms with Crippen molar-refractivity contribution in [3.63, 3.8) is 0 Å². The summed E-state index contributed by atoms with van der Waals surface area (Å²) in [7, 11) is 0. The predicted molar refractivity (Wildman–Crippen MR) is 67.7 cm³/mol. The predicted octanol–water partition coefficient (Wildman–Crippen LogP) is 3.63. The van der Waals surface area contributed by atoms with Crippen molar-refractivity contribution in [3.8, 4) is 5.75 Å². The number of hydrogen-bond acceptors (Lipinski definition) is 2. The fourth-order valence-electron chi connectivity index (χ4n) is 2.43. The van der Waals surface area contributed by atoms with E-state index in [0.717, 1.165) is 11.6 Å². The maximum Gasteiger partial charge on any atom is 0.161 e. The van der Waals surface area contributed by atoms with Gasteiger partial charge in [0.1, 0.15) is 17.7 Å². The molecule has 0 amide bonds. The summed E-state index contributed by atoms with van der Waals surface area (Å²) in [6.45, 7) is 0. The molecule has 20 heavy (non-hydrogen) atoms. The lowest BCUT2D eigenvalue weighted by Gasteiger charge is -2.30. The van der Waals surface area contributed by atoms with Gasteiger partial charge >= 0.3 is 0 Å². The maximum atomic E-state index is 13.8. The molecule has 2 nitrogen and oxygen atoms in total. The van der Waals surface area contributed by atoms with Gasteiger partial charge in [0.15, 0.2) is 11.6 Å². The molecule has 3 rings (SSSR count). The van der Waals surface area contributed by atoms with Gasteiger partial charge in [-0.2, -0.15) is 0 Å². The zero-order valence-corrected chi connectivity index (χ0v) is 10.4. The van der Waals surface area contributed by atoms with Crippen LogP contribution in [0.2, 0.25) is 0 Å². The molecule has 2 aromatic carbocycles. The average Bonchev–Trinajstić information content (AvgIpc) is 2.43. The van der Waals surface area contributed by atoms with Gasteiger partial charge in [-0.3, -0.25) is 0 Å². The van der Waals surface area contributed by atoms with E-state index in [1.54, 1.807) is 12.1 Å². The highest BCUT2D eigenvalue weighted by molar-refractivity contribution is 5.39. The standard InChI is InChI=1S/C15H12F3NO/c16-10-6-12(18)11(17)5-9(10)15-7-13(19)8-3-1-2-4-14(8)20-15/h1-6,13,15H,7,19H2/t13-,15?/m0/s1. The van der Waals surface area contributed by atoms with Crippen LogP contribution in [0.15, 0.2) is 36.4 Å². The molecule has 0 aliphatic carbocycles. The molecule has 0 aromatic heterocycles. The number of nitrogens with two attached hydrogens (primary N) is 1. The van der Waals surface area contributed by atoms with E-state index in [2.05, 4.69) is 0 Å². The third kappa shape index (κ3) is 2.14. The minimum absolute atomic E-state index is 0.0196. The van der Waals surface area contributed by atoms with Crippen LogP contribution in [0, 0.1) is 17.5 Å². The molecule has 0 saturated heterocycles. The van der Waals surface area contributed by atoms with E-state index in [1.807, 2.05) is 12.1 Å². The lowest BCUT2D eigenvalue weighted by Crippen LogP contribution is -2.24. The summed E-state index contributed by atoms with van der Waals surface area (Å²) in [5.74, 6) is -2.61. The van der Waals surface area contributed by atoms with Crippen LogP contribution in [-0.4, -0.2) is 0 Å². The summed E-state index contributed by atoms with van der Waals surface area (Å²) in [5.41, 5.74) is 6.83. The Morgan fingerprint density at radius 1 is 0.950 bits per heavy atom. The Labute approximate surface area is 114 Å². The van der Waals surface area contributed by atoms with Crippen molar-refractivity contribution < 1.29 is 17.9 Å². The topological polar surface area (TPSA) is 35.2 Å². The van der Waals surface area contributed by atoms with E-state index in [9.17, 15) is 13.2 Å². The van der Waals surface area contributed by atoms with Gasteiger partial charge < -0.3 is 10.5 Å². The van der Waals surface area contributed by atoms with Gasteiger partial charge in [-0.1, -0.05) is 18.2 Å². The zero-order valence-electron chi connectivity index (χ0n) is 10.4. The Hall–Kier alpha value is -2.01. The normalized spacial score (nSPS) is 21.2. The minimum Gasteiger partial charge on any atom is -0.485 e. The first-order valence-electron chi connectivity index (χ1n) is 6.22. The summed E-state index contributed by atoms with van der Waals surface area (Å²) in [5, 5.41) is 0. The Kier molecular flexibility index (Phi) is 3.14. The number of ether oxygens (including phenoxy) is 1. The van der Waals surface area contributed by atoms with Crippen molar-refractivity contribution in [2.24, 2.45) is 5.73 Å². The molecule has 2 aromatic rings. The SMILES string of the molecule is N[C@H]1CC(c2cc(F)c(F)cc2F)Oc2ccccc21. The monoisotopic (exact) mass is 279 g/mol. The van der Waals surface area contributed by atoms with Crippen molar-refractivity contribution in [2.75, 3.05) is 0 Å². The van der Waals surface area contributed by atoms with Crippen LogP contribution in [0.4, 0.5) is 13.2 Å². The Morgan fingerprint density at radius 3 is 2.45 bits per heavy atom. The smallest absolute Gasteiger partial charge is 0.161 e. The lowest BCUT2D eigenvalue weighted by molar-refractivity contribution is 0.156. The third-order valence-electron chi connectivity index (χ3n) is 3.44. The Bertz CT molecular complexity index is 660. The van der Waals surface area contributed by atoms with Gasteiger partial charge in [0, 0.05) is 29.7 Å². The maximum absolute atomic E-state index is 13.8. The van der Waals surface area contributed by atoms with Gasteiger partial charge in [-0.25, -0.2) is 13.2 Å². The van der Waals surface area contributed by atoms with Gasteiger partial charge in [0.2, 0.25) is 0 Å². The number of para-hydroxylation sites is 1. The molecule has 2 N–H and O–H groups in total. The van der Waals surface area contributed by atoms with E-state index in [-0.39, 0.29) is 11.6 Å². The fourth-order valence-corrected chi connectivity index (χ4v) is 2.43. The summed E-state index contributed by atoms with van der Waals surface area (Å²) in [6, 6.07) is 8.18. The van der Waals surface area contributed by atoms with E-state index in [4.69, 9.17) is 10.5 Å². The van der Waals surface area contributed by atoms with E-state index < -0.39 is 23.6 Å².